The Kier molecular flexibility index (Phi) is 5.82. The zero-order valence-corrected chi connectivity index (χ0v) is 16.8. The van der Waals surface area contributed by atoms with Gasteiger partial charge in [-0.05, 0) is 62.6 Å². The fourth-order valence-corrected chi connectivity index (χ4v) is 5.13. The van der Waals surface area contributed by atoms with Crippen LogP contribution in [-0.2, 0) is 14.8 Å². The number of carbonyl (C=O) groups excluding carboxylic acids is 1. The minimum absolute atomic E-state index is 0.117. The Balaban J connectivity index is 1.63. The molecule has 0 aliphatic carbocycles. The van der Waals surface area contributed by atoms with Crippen LogP contribution in [0.5, 0.6) is 0 Å². The van der Waals surface area contributed by atoms with Crippen molar-refractivity contribution in [1.29, 1.82) is 5.26 Å². The Labute approximate surface area is 165 Å². The van der Waals surface area contributed by atoms with Crippen LogP contribution in [-0.4, -0.2) is 31.7 Å². The molecule has 0 aromatic heterocycles. The van der Waals surface area contributed by atoms with Crippen molar-refractivity contribution in [2.45, 2.75) is 31.6 Å². The van der Waals surface area contributed by atoms with Crippen molar-refractivity contribution >= 4 is 21.6 Å². The lowest BCUT2D eigenvalue weighted by molar-refractivity contribution is -0.120. The maximum Gasteiger partial charge on any atom is 0.243 e. The molecule has 0 saturated carbocycles. The third-order valence-corrected chi connectivity index (χ3v) is 7.11. The summed E-state index contributed by atoms with van der Waals surface area (Å²) in [4.78, 5) is 12.8. The molecule has 1 aliphatic heterocycles. The molecule has 1 heterocycles. The average Bonchev–Trinajstić information content (AvgIpc) is 2.68. The fourth-order valence-electron chi connectivity index (χ4n) is 3.46. The van der Waals surface area contributed by atoms with Gasteiger partial charge in [-0.25, -0.2) is 8.42 Å². The lowest BCUT2D eigenvalue weighted by Crippen LogP contribution is -2.41. The van der Waals surface area contributed by atoms with Crippen LogP contribution in [0.4, 0.5) is 5.69 Å². The number of benzene rings is 2. The molecular formula is C21H23N3O3S. The first-order valence-electron chi connectivity index (χ1n) is 9.19. The van der Waals surface area contributed by atoms with Gasteiger partial charge in [0.2, 0.25) is 15.9 Å². The summed E-state index contributed by atoms with van der Waals surface area (Å²) in [6, 6.07) is 14.0. The van der Waals surface area contributed by atoms with Gasteiger partial charge in [-0.2, -0.15) is 9.57 Å². The zero-order valence-electron chi connectivity index (χ0n) is 16.0. The quantitative estimate of drug-likeness (QED) is 0.858. The predicted octanol–water partition coefficient (Wildman–Crippen LogP) is 3.21. The van der Waals surface area contributed by atoms with E-state index in [4.69, 9.17) is 5.26 Å². The number of aryl methyl sites for hydroxylation is 2. The Bertz CT molecular complexity index is 1020. The number of nitrogens with one attached hydrogen (secondary N) is 1. The highest BCUT2D eigenvalue weighted by atomic mass is 32.2. The zero-order chi connectivity index (χ0) is 20.3. The van der Waals surface area contributed by atoms with Crippen LogP contribution < -0.4 is 5.32 Å². The topological polar surface area (TPSA) is 90.3 Å². The molecule has 1 fully saturated rings. The number of sulfonamides is 1. The molecule has 2 aromatic rings. The van der Waals surface area contributed by atoms with Gasteiger partial charge in [0.1, 0.15) is 0 Å². The van der Waals surface area contributed by atoms with Gasteiger partial charge >= 0.3 is 0 Å². The van der Waals surface area contributed by atoms with Crippen molar-refractivity contribution < 1.29 is 13.2 Å². The normalized spacial score (nSPS) is 15.8. The van der Waals surface area contributed by atoms with E-state index in [2.05, 4.69) is 5.32 Å². The first-order valence-corrected chi connectivity index (χ1v) is 10.6. The largest absolute Gasteiger partial charge is 0.326 e. The molecule has 0 unspecified atom stereocenters. The lowest BCUT2D eigenvalue weighted by atomic mass is 9.97. The van der Waals surface area contributed by atoms with Gasteiger partial charge in [0.15, 0.2) is 0 Å². The van der Waals surface area contributed by atoms with Crippen molar-refractivity contribution in [3.63, 3.8) is 0 Å². The van der Waals surface area contributed by atoms with Crippen LogP contribution >= 0.6 is 0 Å². The van der Waals surface area contributed by atoms with E-state index in [0.29, 0.717) is 42.1 Å². The van der Waals surface area contributed by atoms with E-state index in [1.54, 1.807) is 43.3 Å². The van der Waals surface area contributed by atoms with Crippen LogP contribution in [0.3, 0.4) is 0 Å². The van der Waals surface area contributed by atoms with Crippen molar-refractivity contribution in [1.82, 2.24) is 4.31 Å². The van der Waals surface area contributed by atoms with Crippen LogP contribution in [0.25, 0.3) is 0 Å². The fraction of sp³-hybridized carbons (Fsp3) is 0.333. The van der Waals surface area contributed by atoms with Gasteiger partial charge < -0.3 is 5.32 Å². The summed E-state index contributed by atoms with van der Waals surface area (Å²) >= 11 is 0. The van der Waals surface area contributed by atoms with E-state index in [9.17, 15) is 13.2 Å². The minimum atomic E-state index is -3.55. The highest BCUT2D eigenvalue weighted by molar-refractivity contribution is 7.89. The molecule has 6 nitrogen and oxygen atoms in total. The van der Waals surface area contributed by atoms with Crippen molar-refractivity contribution in [3.8, 4) is 6.07 Å². The molecule has 7 heteroatoms. The van der Waals surface area contributed by atoms with E-state index >= 15 is 0 Å². The van der Waals surface area contributed by atoms with Gasteiger partial charge in [0.25, 0.3) is 0 Å². The number of anilines is 1. The first kappa shape index (κ1) is 20.1. The van der Waals surface area contributed by atoms with Crippen molar-refractivity contribution in [2.24, 2.45) is 5.92 Å². The Morgan fingerprint density at radius 1 is 1.11 bits per heavy atom. The van der Waals surface area contributed by atoms with Crippen molar-refractivity contribution in [2.75, 3.05) is 18.4 Å². The number of amides is 1. The second kappa shape index (κ2) is 8.13. The molecule has 1 N–H and O–H groups in total. The first-order chi connectivity index (χ1) is 13.3. The lowest BCUT2D eigenvalue weighted by Gasteiger charge is -2.31. The summed E-state index contributed by atoms with van der Waals surface area (Å²) in [7, 11) is -3.55. The summed E-state index contributed by atoms with van der Waals surface area (Å²) in [5, 5.41) is 11.7. The summed E-state index contributed by atoms with van der Waals surface area (Å²) in [5.41, 5.74) is 2.92. The standard InChI is InChI=1S/C21H23N3O3S/c1-15-3-8-20(16(2)13-15)28(26,27)24-11-9-18(10-12-24)21(25)23-19-6-4-17(14-22)5-7-19/h3-8,13,18H,9-12H2,1-2H3,(H,23,25). The summed E-state index contributed by atoms with van der Waals surface area (Å²) in [6.07, 6.45) is 0.957. The number of nitrogens with zero attached hydrogens (tertiary/aromatic N) is 2. The number of rotatable bonds is 4. The maximum atomic E-state index is 12.9. The third kappa shape index (κ3) is 4.24. The van der Waals surface area contributed by atoms with Crippen LogP contribution in [0.2, 0.25) is 0 Å². The van der Waals surface area contributed by atoms with Crippen LogP contribution in [0.1, 0.15) is 29.5 Å². The maximum absolute atomic E-state index is 12.9. The monoisotopic (exact) mass is 397 g/mol. The predicted molar refractivity (Wildman–Crippen MR) is 107 cm³/mol. The summed E-state index contributed by atoms with van der Waals surface area (Å²) < 4.78 is 27.4. The van der Waals surface area contributed by atoms with Gasteiger partial charge in [-0.15, -0.1) is 0 Å². The van der Waals surface area contributed by atoms with Crippen LogP contribution in [0.15, 0.2) is 47.4 Å². The summed E-state index contributed by atoms with van der Waals surface area (Å²) in [6.45, 7) is 4.38. The van der Waals surface area contributed by atoms with Gasteiger partial charge in [-0.3, -0.25) is 4.79 Å². The van der Waals surface area contributed by atoms with Crippen LogP contribution in [0, 0.1) is 31.1 Å². The molecule has 1 aliphatic rings. The molecule has 146 valence electrons. The molecule has 0 bridgehead atoms. The van der Waals surface area contributed by atoms with Gasteiger partial charge in [0, 0.05) is 24.7 Å². The molecule has 0 spiro atoms. The number of hydrogen-bond acceptors (Lipinski definition) is 4. The van der Waals surface area contributed by atoms with Crippen molar-refractivity contribution in [3.05, 3.63) is 59.2 Å². The van der Waals surface area contributed by atoms with E-state index in [0.717, 1.165) is 11.1 Å². The number of hydrogen-bond donors (Lipinski definition) is 1. The Hall–Kier alpha value is -2.69. The molecule has 1 amide bonds. The number of carbonyl (C=O) groups is 1. The minimum Gasteiger partial charge on any atom is -0.326 e. The molecule has 2 aromatic carbocycles. The van der Waals surface area contributed by atoms with E-state index < -0.39 is 10.0 Å². The molecule has 28 heavy (non-hydrogen) atoms. The molecule has 0 atom stereocenters. The SMILES string of the molecule is Cc1ccc(S(=O)(=O)N2CCC(C(=O)Nc3ccc(C#N)cc3)CC2)c(C)c1. The smallest absolute Gasteiger partial charge is 0.243 e. The van der Waals surface area contributed by atoms with Gasteiger partial charge in [-0.1, -0.05) is 17.7 Å². The highest BCUT2D eigenvalue weighted by Crippen LogP contribution is 2.27. The van der Waals surface area contributed by atoms with Gasteiger partial charge in [0.05, 0.1) is 16.5 Å². The number of piperidine rings is 1. The second-order valence-electron chi connectivity index (χ2n) is 7.13. The third-order valence-electron chi connectivity index (χ3n) is 5.05. The number of nitriles is 1. The highest BCUT2D eigenvalue weighted by Gasteiger charge is 2.32. The van der Waals surface area contributed by atoms with E-state index in [1.807, 2.05) is 19.1 Å². The molecular weight excluding hydrogens is 374 g/mol. The molecule has 3 rings (SSSR count). The average molecular weight is 398 g/mol. The molecule has 0 radical (unpaired) electrons. The van der Waals surface area contributed by atoms with E-state index in [-0.39, 0.29) is 11.8 Å². The summed E-state index contributed by atoms with van der Waals surface area (Å²) in [5.74, 6) is -0.352. The molecule has 1 saturated heterocycles. The Morgan fingerprint density at radius 2 is 1.75 bits per heavy atom. The second-order valence-corrected chi connectivity index (χ2v) is 9.03. The van der Waals surface area contributed by atoms with E-state index in [1.165, 1.54) is 4.31 Å². The Morgan fingerprint density at radius 3 is 2.32 bits per heavy atom.